The maximum absolute atomic E-state index is 10.7. The summed E-state index contributed by atoms with van der Waals surface area (Å²) in [5.41, 5.74) is 0.627. The standard InChI is InChI=1S/C19H31IO2/c1-18-7-5-12(21)9-11(18)3-4-13-14(18)6-8-19(2)15(13)10-16(20)17(19)22/h11-17,21-22H,3-10H2,1-2H3/t11?,12-,13-,14+,15+,16-,17+,18+,19+/m1/s1. The van der Waals surface area contributed by atoms with E-state index in [-0.39, 0.29) is 17.6 Å². The van der Waals surface area contributed by atoms with Gasteiger partial charge in [0.1, 0.15) is 0 Å². The Hall–Kier alpha value is 0.650. The predicted molar refractivity (Wildman–Crippen MR) is 96.9 cm³/mol. The van der Waals surface area contributed by atoms with Crippen molar-refractivity contribution in [3.05, 3.63) is 0 Å². The van der Waals surface area contributed by atoms with Crippen molar-refractivity contribution in [3.63, 3.8) is 0 Å². The largest absolute Gasteiger partial charge is 0.393 e. The van der Waals surface area contributed by atoms with E-state index in [2.05, 4.69) is 36.4 Å². The Bertz CT molecular complexity index is 455. The van der Waals surface area contributed by atoms with Crippen LogP contribution in [-0.4, -0.2) is 26.3 Å². The molecule has 126 valence electrons. The van der Waals surface area contributed by atoms with Crippen molar-refractivity contribution >= 4 is 22.6 Å². The van der Waals surface area contributed by atoms with E-state index >= 15 is 0 Å². The highest BCUT2D eigenvalue weighted by atomic mass is 127. The second-order valence-electron chi connectivity index (χ2n) is 9.33. The first kappa shape index (κ1) is 16.1. The Morgan fingerprint density at radius 3 is 2.36 bits per heavy atom. The van der Waals surface area contributed by atoms with E-state index < -0.39 is 0 Å². The Labute approximate surface area is 148 Å². The lowest BCUT2D eigenvalue weighted by atomic mass is 9.45. The molecule has 3 heteroatoms. The van der Waals surface area contributed by atoms with E-state index in [4.69, 9.17) is 0 Å². The number of rotatable bonds is 0. The Kier molecular flexibility index (Phi) is 3.90. The average molecular weight is 418 g/mol. The van der Waals surface area contributed by atoms with Crippen LogP contribution in [0.5, 0.6) is 0 Å². The summed E-state index contributed by atoms with van der Waals surface area (Å²) in [6.45, 7) is 4.91. The SMILES string of the molecule is C[C@]12CC[C@H]3[C@@H](CCC4C[C@H](O)CC[C@@]43C)[C@@H]1C[C@@H](I)[C@@H]2O. The first-order chi connectivity index (χ1) is 10.4. The first-order valence-corrected chi connectivity index (χ1v) is 10.6. The normalized spacial score (nSPS) is 61.2. The molecule has 0 heterocycles. The van der Waals surface area contributed by atoms with Crippen LogP contribution in [0.1, 0.15) is 65.2 Å². The number of fused-ring (bicyclic) bond motifs is 5. The molecule has 4 fully saturated rings. The molecule has 2 nitrogen and oxygen atoms in total. The summed E-state index contributed by atoms with van der Waals surface area (Å²) in [5.74, 6) is 3.13. The molecule has 0 aromatic carbocycles. The fraction of sp³-hybridized carbons (Fsp3) is 1.00. The summed E-state index contributed by atoms with van der Waals surface area (Å²) in [6.07, 6.45) is 9.52. The number of aliphatic hydroxyl groups is 2. The highest BCUT2D eigenvalue weighted by molar-refractivity contribution is 14.1. The average Bonchev–Trinajstić information content (AvgIpc) is 2.72. The van der Waals surface area contributed by atoms with Crippen LogP contribution in [0.15, 0.2) is 0 Å². The molecule has 0 aromatic rings. The number of alkyl halides is 1. The Balaban J connectivity index is 1.63. The topological polar surface area (TPSA) is 40.5 Å². The summed E-state index contributed by atoms with van der Waals surface area (Å²) >= 11 is 2.50. The second-order valence-corrected chi connectivity index (χ2v) is 10.9. The van der Waals surface area contributed by atoms with Gasteiger partial charge in [-0.15, -0.1) is 0 Å². The van der Waals surface area contributed by atoms with E-state index in [1.165, 1.54) is 38.5 Å². The lowest BCUT2D eigenvalue weighted by molar-refractivity contribution is -0.133. The maximum atomic E-state index is 10.7. The monoisotopic (exact) mass is 418 g/mol. The number of halogens is 1. The highest BCUT2D eigenvalue weighted by Crippen LogP contribution is 2.66. The van der Waals surface area contributed by atoms with Gasteiger partial charge in [0.05, 0.1) is 12.2 Å². The zero-order valence-corrected chi connectivity index (χ0v) is 16.1. The van der Waals surface area contributed by atoms with Crippen molar-refractivity contribution in [1.29, 1.82) is 0 Å². The van der Waals surface area contributed by atoms with E-state index in [0.717, 1.165) is 36.5 Å². The van der Waals surface area contributed by atoms with Gasteiger partial charge in [-0.05, 0) is 85.9 Å². The lowest BCUT2D eigenvalue weighted by Gasteiger charge is -2.60. The molecular weight excluding hydrogens is 387 g/mol. The summed E-state index contributed by atoms with van der Waals surface area (Å²) in [6, 6.07) is 0. The smallest absolute Gasteiger partial charge is 0.0714 e. The zero-order valence-electron chi connectivity index (χ0n) is 14.0. The lowest BCUT2D eigenvalue weighted by Crippen LogP contribution is -2.54. The van der Waals surface area contributed by atoms with Gasteiger partial charge < -0.3 is 10.2 Å². The van der Waals surface area contributed by atoms with Gasteiger partial charge in [0.15, 0.2) is 0 Å². The van der Waals surface area contributed by atoms with Crippen molar-refractivity contribution in [1.82, 2.24) is 0 Å². The summed E-state index contributed by atoms with van der Waals surface area (Å²) in [4.78, 5) is 0. The van der Waals surface area contributed by atoms with Crippen LogP contribution in [0.25, 0.3) is 0 Å². The molecule has 0 saturated heterocycles. The number of aliphatic hydroxyl groups excluding tert-OH is 2. The minimum absolute atomic E-state index is 0.0458. The Morgan fingerprint density at radius 2 is 1.59 bits per heavy atom. The van der Waals surface area contributed by atoms with Gasteiger partial charge in [-0.1, -0.05) is 36.4 Å². The van der Waals surface area contributed by atoms with Crippen molar-refractivity contribution in [2.45, 2.75) is 81.3 Å². The highest BCUT2D eigenvalue weighted by Gasteiger charge is 2.61. The minimum Gasteiger partial charge on any atom is -0.393 e. The molecular formula is C19H31IO2. The van der Waals surface area contributed by atoms with Crippen LogP contribution >= 0.6 is 22.6 Å². The molecule has 0 bridgehead atoms. The fourth-order valence-electron chi connectivity index (χ4n) is 7.18. The molecule has 0 amide bonds. The predicted octanol–water partition coefficient (Wildman–Crippen LogP) is 4.16. The molecule has 4 rings (SSSR count). The molecule has 0 spiro atoms. The van der Waals surface area contributed by atoms with Crippen LogP contribution in [0.2, 0.25) is 0 Å². The molecule has 2 N–H and O–H groups in total. The molecule has 9 atom stereocenters. The third-order valence-corrected chi connectivity index (χ3v) is 9.76. The molecule has 4 aliphatic carbocycles. The van der Waals surface area contributed by atoms with Gasteiger partial charge in [0.25, 0.3) is 0 Å². The van der Waals surface area contributed by atoms with Gasteiger partial charge >= 0.3 is 0 Å². The minimum atomic E-state index is -0.0993. The van der Waals surface area contributed by atoms with Crippen LogP contribution in [0.4, 0.5) is 0 Å². The van der Waals surface area contributed by atoms with E-state index in [1.54, 1.807) is 0 Å². The van der Waals surface area contributed by atoms with E-state index in [9.17, 15) is 10.2 Å². The van der Waals surface area contributed by atoms with Crippen LogP contribution in [-0.2, 0) is 0 Å². The molecule has 0 aromatic heterocycles. The third kappa shape index (κ3) is 2.10. The van der Waals surface area contributed by atoms with E-state index in [0.29, 0.717) is 9.34 Å². The number of hydrogen-bond acceptors (Lipinski definition) is 2. The van der Waals surface area contributed by atoms with Crippen molar-refractivity contribution in [2.24, 2.45) is 34.5 Å². The van der Waals surface area contributed by atoms with Crippen molar-refractivity contribution < 1.29 is 10.2 Å². The van der Waals surface area contributed by atoms with Crippen molar-refractivity contribution in [3.8, 4) is 0 Å². The molecule has 0 radical (unpaired) electrons. The maximum Gasteiger partial charge on any atom is 0.0714 e. The Morgan fingerprint density at radius 1 is 0.864 bits per heavy atom. The van der Waals surface area contributed by atoms with Crippen LogP contribution in [0.3, 0.4) is 0 Å². The summed E-state index contributed by atoms with van der Waals surface area (Å²) in [7, 11) is 0. The van der Waals surface area contributed by atoms with Crippen LogP contribution < -0.4 is 0 Å². The molecule has 4 aliphatic rings. The third-order valence-electron chi connectivity index (χ3n) is 8.57. The van der Waals surface area contributed by atoms with Crippen LogP contribution in [0, 0.1) is 34.5 Å². The number of hydrogen-bond donors (Lipinski definition) is 2. The van der Waals surface area contributed by atoms with Gasteiger partial charge in [0, 0.05) is 3.92 Å². The van der Waals surface area contributed by atoms with Crippen molar-refractivity contribution in [2.75, 3.05) is 0 Å². The van der Waals surface area contributed by atoms with Gasteiger partial charge in [-0.3, -0.25) is 0 Å². The first-order valence-electron chi connectivity index (χ1n) is 9.36. The molecule has 4 saturated carbocycles. The summed E-state index contributed by atoms with van der Waals surface area (Å²) < 4.78 is 0.449. The van der Waals surface area contributed by atoms with Gasteiger partial charge in [-0.25, -0.2) is 0 Å². The molecule has 0 aliphatic heterocycles. The summed E-state index contributed by atoms with van der Waals surface area (Å²) in [5, 5.41) is 20.8. The molecule has 22 heavy (non-hydrogen) atoms. The quantitative estimate of drug-likeness (QED) is 0.458. The zero-order chi connectivity index (χ0) is 15.7. The molecule has 1 unspecified atom stereocenters. The second kappa shape index (κ2) is 5.32. The van der Waals surface area contributed by atoms with Gasteiger partial charge in [0.2, 0.25) is 0 Å². The van der Waals surface area contributed by atoms with E-state index in [1.807, 2.05) is 0 Å². The fourth-order valence-corrected chi connectivity index (χ4v) is 8.55. The van der Waals surface area contributed by atoms with Gasteiger partial charge in [-0.2, -0.15) is 0 Å².